The highest BCUT2D eigenvalue weighted by atomic mass is 19.1. The van der Waals surface area contributed by atoms with E-state index in [9.17, 15) is 18.0 Å². The van der Waals surface area contributed by atoms with Crippen molar-refractivity contribution in [3.63, 3.8) is 0 Å². The number of carbonyl (C=O) groups excluding carboxylic acids is 1. The van der Waals surface area contributed by atoms with Crippen LogP contribution in [-0.2, 0) is 10.2 Å². The van der Waals surface area contributed by atoms with Gasteiger partial charge >= 0.3 is 0 Å². The molecule has 2 rings (SSSR count). The summed E-state index contributed by atoms with van der Waals surface area (Å²) in [6, 6.07) is 10.3. The van der Waals surface area contributed by atoms with E-state index in [1.165, 1.54) is 49.4 Å². The number of nitrogens with two attached hydrogens (primary N) is 1. The Morgan fingerprint density at radius 1 is 1.08 bits per heavy atom. The first-order valence-corrected chi connectivity index (χ1v) is 7.81. The molecule has 0 aliphatic heterocycles. The van der Waals surface area contributed by atoms with E-state index in [1.807, 2.05) is 0 Å². The molecule has 134 valence electrons. The van der Waals surface area contributed by atoms with Crippen molar-refractivity contribution < 1.29 is 18.0 Å². The SMILES string of the molecule is C=C/C=C(\C=C(/C)F)C(C(N)=O)(c1ccc(F)cc1)c1cccc(F)c1. The van der Waals surface area contributed by atoms with Crippen molar-refractivity contribution in [2.24, 2.45) is 5.73 Å². The molecule has 0 saturated heterocycles. The lowest BCUT2D eigenvalue weighted by Gasteiger charge is -2.33. The van der Waals surface area contributed by atoms with Crippen LogP contribution in [0.5, 0.6) is 0 Å². The van der Waals surface area contributed by atoms with Gasteiger partial charge in [-0.15, -0.1) is 0 Å². The molecule has 0 bridgehead atoms. The van der Waals surface area contributed by atoms with Crippen LogP contribution in [-0.4, -0.2) is 5.91 Å². The lowest BCUT2D eigenvalue weighted by Crippen LogP contribution is -2.44. The Bertz CT molecular complexity index is 880. The molecule has 0 aliphatic carbocycles. The highest BCUT2D eigenvalue weighted by Crippen LogP contribution is 2.41. The highest BCUT2D eigenvalue weighted by Gasteiger charge is 2.43. The van der Waals surface area contributed by atoms with E-state index in [0.717, 1.165) is 24.3 Å². The van der Waals surface area contributed by atoms with Gasteiger partial charge in [0.2, 0.25) is 5.91 Å². The summed E-state index contributed by atoms with van der Waals surface area (Å²) in [7, 11) is 0. The molecule has 0 radical (unpaired) electrons. The van der Waals surface area contributed by atoms with Gasteiger partial charge in [0.25, 0.3) is 0 Å². The van der Waals surface area contributed by atoms with Crippen LogP contribution in [0.4, 0.5) is 13.2 Å². The fraction of sp³-hybridized carbons (Fsp3) is 0.0952. The van der Waals surface area contributed by atoms with E-state index in [-0.39, 0.29) is 16.7 Å². The Morgan fingerprint density at radius 3 is 2.23 bits per heavy atom. The second-order valence-corrected chi connectivity index (χ2v) is 5.72. The third kappa shape index (κ3) is 3.61. The summed E-state index contributed by atoms with van der Waals surface area (Å²) in [4.78, 5) is 12.7. The molecule has 0 heterocycles. The summed E-state index contributed by atoms with van der Waals surface area (Å²) < 4.78 is 41.1. The van der Waals surface area contributed by atoms with Crippen LogP contribution in [0.25, 0.3) is 0 Å². The quantitative estimate of drug-likeness (QED) is 0.747. The third-order valence-corrected chi connectivity index (χ3v) is 3.99. The average Bonchev–Trinajstić information content (AvgIpc) is 2.56. The van der Waals surface area contributed by atoms with Crippen LogP contribution < -0.4 is 5.73 Å². The lowest BCUT2D eigenvalue weighted by atomic mass is 9.68. The predicted molar refractivity (Wildman–Crippen MR) is 95.9 cm³/mol. The maximum atomic E-state index is 13.9. The largest absolute Gasteiger partial charge is 0.368 e. The van der Waals surface area contributed by atoms with Crippen molar-refractivity contribution in [2.75, 3.05) is 0 Å². The van der Waals surface area contributed by atoms with Crippen LogP contribution >= 0.6 is 0 Å². The maximum Gasteiger partial charge on any atom is 0.237 e. The van der Waals surface area contributed by atoms with Gasteiger partial charge < -0.3 is 5.73 Å². The second-order valence-electron chi connectivity index (χ2n) is 5.72. The molecule has 1 atom stereocenters. The number of carbonyl (C=O) groups is 1. The van der Waals surface area contributed by atoms with Crippen LogP contribution in [0.15, 0.2) is 84.7 Å². The minimum absolute atomic E-state index is 0.150. The first-order valence-electron chi connectivity index (χ1n) is 7.81. The minimum atomic E-state index is -1.72. The maximum absolute atomic E-state index is 13.9. The third-order valence-electron chi connectivity index (χ3n) is 3.99. The van der Waals surface area contributed by atoms with Crippen LogP contribution in [0, 0.1) is 11.6 Å². The summed E-state index contributed by atoms with van der Waals surface area (Å²) in [6.45, 7) is 4.79. The van der Waals surface area contributed by atoms with Crippen LogP contribution in [0.1, 0.15) is 18.1 Å². The van der Waals surface area contributed by atoms with Gasteiger partial charge in [0.15, 0.2) is 0 Å². The van der Waals surface area contributed by atoms with E-state index in [2.05, 4.69) is 6.58 Å². The van der Waals surface area contributed by atoms with Crippen molar-refractivity contribution in [1.29, 1.82) is 0 Å². The predicted octanol–water partition coefficient (Wildman–Crippen LogP) is 4.72. The molecule has 0 fully saturated rings. The van der Waals surface area contributed by atoms with Gasteiger partial charge in [0, 0.05) is 0 Å². The Morgan fingerprint density at radius 2 is 1.73 bits per heavy atom. The molecular weight excluding hydrogens is 339 g/mol. The Kier molecular flexibility index (Phi) is 5.82. The number of amides is 1. The van der Waals surface area contributed by atoms with E-state index >= 15 is 0 Å². The zero-order valence-electron chi connectivity index (χ0n) is 14.2. The van der Waals surface area contributed by atoms with Gasteiger partial charge in [0.1, 0.15) is 17.0 Å². The highest BCUT2D eigenvalue weighted by molar-refractivity contribution is 5.95. The number of benzene rings is 2. The van der Waals surface area contributed by atoms with Crippen LogP contribution in [0.2, 0.25) is 0 Å². The van der Waals surface area contributed by atoms with Gasteiger partial charge in [-0.3, -0.25) is 4.79 Å². The van der Waals surface area contributed by atoms with Gasteiger partial charge in [-0.05, 0) is 54.0 Å². The number of halogens is 3. The summed E-state index contributed by atoms with van der Waals surface area (Å²) in [5, 5.41) is 0. The molecule has 0 saturated carbocycles. The van der Waals surface area contributed by atoms with Crippen molar-refractivity contribution in [3.8, 4) is 0 Å². The first-order chi connectivity index (χ1) is 12.3. The summed E-state index contributed by atoms with van der Waals surface area (Å²) >= 11 is 0. The molecule has 0 aliphatic rings. The number of allylic oxidation sites excluding steroid dienone is 4. The van der Waals surface area contributed by atoms with Crippen molar-refractivity contribution in [2.45, 2.75) is 12.3 Å². The molecule has 5 heteroatoms. The molecule has 2 aromatic rings. The molecule has 0 aromatic heterocycles. The number of hydrogen-bond donors (Lipinski definition) is 1. The Hall–Kier alpha value is -3.08. The number of primary amides is 1. The zero-order valence-corrected chi connectivity index (χ0v) is 14.2. The van der Waals surface area contributed by atoms with Crippen molar-refractivity contribution >= 4 is 5.91 Å². The molecular formula is C21H18F3NO. The van der Waals surface area contributed by atoms with E-state index in [1.54, 1.807) is 0 Å². The fourth-order valence-electron chi connectivity index (χ4n) is 2.97. The van der Waals surface area contributed by atoms with Crippen LogP contribution in [0.3, 0.4) is 0 Å². The molecule has 26 heavy (non-hydrogen) atoms. The Balaban J connectivity index is 2.96. The van der Waals surface area contributed by atoms with E-state index in [4.69, 9.17) is 5.73 Å². The monoisotopic (exact) mass is 357 g/mol. The number of hydrogen-bond acceptors (Lipinski definition) is 1. The van der Waals surface area contributed by atoms with Gasteiger partial charge in [-0.1, -0.05) is 43.0 Å². The summed E-state index contributed by atoms with van der Waals surface area (Å²) in [6.07, 6.45) is 3.91. The average molecular weight is 357 g/mol. The molecule has 1 amide bonds. The fourth-order valence-corrected chi connectivity index (χ4v) is 2.97. The minimum Gasteiger partial charge on any atom is -0.368 e. The molecule has 1 unspecified atom stereocenters. The summed E-state index contributed by atoms with van der Waals surface area (Å²) in [5.74, 6) is -2.55. The molecule has 2 aromatic carbocycles. The van der Waals surface area contributed by atoms with Crippen molar-refractivity contribution in [1.82, 2.24) is 0 Å². The molecule has 2 N–H and O–H groups in total. The number of rotatable bonds is 6. The standard InChI is InChI=1S/C21H18F3NO/c1-3-5-16(12-14(2)22)21(20(25)26,15-8-10-18(23)11-9-15)17-6-4-7-19(24)13-17/h3-13H,1H2,2H3,(H2,25,26)/b14-12+,16-5+. The zero-order chi connectivity index (χ0) is 19.3. The van der Waals surface area contributed by atoms with Crippen molar-refractivity contribution in [3.05, 3.63) is 107 Å². The first kappa shape index (κ1) is 19.2. The van der Waals surface area contributed by atoms with E-state index in [0.29, 0.717) is 0 Å². The molecule has 2 nitrogen and oxygen atoms in total. The van der Waals surface area contributed by atoms with E-state index < -0.39 is 28.8 Å². The lowest BCUT2D eigenvalue weighted by molar-refractivity contribution is -0.121. The Labute approximate surface area is 150 Å². The van der Waals surface area contributed by atoms with Gasteiger partial charge in [-0.25, -0.2) is 13.2 Å². The topological polar surface area (TPSA) is 43.1 Å². The normalized spacial score (nSPS) is 14.6. The second kappa shape index (κ2) is 7.87. The summed E-state index contributed by atoms with van der Waals surface area (Å²) in [5.41, 5.74) is 4.65. The smallest absolute Gasteiger partial charge is 0.237 e. The van der Waals surface area contributed by atoms with Gasteiger partial charge in [-0.2, -0.15) is 0 Å². The van der Waals surface area contributed by atoms with Gasteiger partial charge in [0.05, 0.1) is 5.83 Å². The molecule has 0 spiro atoms.